The zero-order chi connectivity index (χ0) is 22.8. The van der Waals surface area contributed by atoms with Crippen LogP contribution in [0.1, 0.15) is 10.4 Å². The number of amides is 1. The van der Waals surface area contributed by atoms with Crippen molar-refractivity contribution in [1.29, 1.82) is 0 Å². The Balaban J connectivity index is 1.35. The van der Waals surface area contributed by atoms with Crippen LogP contribution in [0.15, 0.2) is 87.9 Å². The van der Waals surface area contributed by atoms with E-state index in [9.17, 15) is 9.18 Å². The Hall–Kier alpha value is -3.45. The van der Waals surface area contributed by atoms with Gasteiger partial charge in [-0.1, -0.05) is 52.3 Å². The van der Waals surface area contributed by atoms with Crippen LogP contribution in [0.3, 0.4) is 0 Å². The van der Waals surface area contributed by atoms with Crippen molar-refractivity contribution in [2.75, 3.05) is 31.1 Å². The number of para-hydroxylation sites is 1. The van der Waals surface area contributed by atoms with Crippen LogP contribution in [0.5, 0.6) is 0 Å². The average Bonchev–Trinajstić information content (AvgIpc) is 3.35. The standard InChI is InChI=1S/C26H21BrFN3O2/c27-19-11-9-18(10-12-19)24-17-29-25(33-24)20-5-1-2-6-21(20)26(32)31-15-13-30(14-16-31)23-8-4-3-7-22(23)28/h1-12,17H,13-16H2. The molecule has 0 atom stereocenters. The van der Waals surface area contributed by atoms with E-state index in [4.69, 9.17) is 4.42 Å². The molecule has 1 fully saturated rings. The first-order valence-electron chi connectivity index (χ1n) is 10.7. The van der Waals surface area contributed by atoms with E-state index in [1.165, 1.54) is 6.07 Å². The lowest BCUT2D eigenvalue weighted by Crippen LogP contribution is -2.49. The van der Waals surface area contributed by atoms with Gasteiger partial charge in [0.05, 0.1) is 17.4 Å². The fourth-order valence-electron chi connectivity index (χ4n) is 4.03. The van der Waals surface area contributed by atoms with Gasteiger partial charge in [-0.2, -0.15) is 0 Å². The van der Waals surface area contributed by atoms with Crippen LogP contribution in [-0.2, 0) is 0 Å². The third-order valence-electron chi connectivity index (χ3n) is 5.78. The molecule has 1 aromatic heterocycles. The summed E-state index contributed by atoms with van der Waals surface area (Å²) >= 11 is 3.43. The molecule has 1 aliphatic heterocycles. The van der Waals surface area contributed by atoms with Crippen molar-refractivity contribution in [2.24, 2.45) is 0 Å². The van der Waals surface area contributed by atoms with E-state index in [2.05, 4.69) is 20.9 Å². The average molecular weight is 506 g/mol. The Morgan fingerprint density at radius 1 is 0.909 bits per heavy atom. The molecule has 0 saturated carbocycles. The monoisotopic (exact) mass is 505 g/mol. The molecule has 5 nitrogen and oxygen atoms in total. The second-order valence-electron chi connectivity index (χ2n) is 7.81. The van der Waals surface area contributed by atoms with Crippen LogP contribution in [0, 0.1) is 5.82 Å². The van der Waals surface area contributed by atoms with Crippen molar-refractivity contribution in [2.45, 2.75) is 0 Å². The number of piperazine rings is 1. The van der Waals surface area contributed by atoms with Gasteiger partial charge < -0.3 is 14.2 Å². The summed E-state index contributed by atoms with van der Waals surface area (Å²) in [7, 11) is 0. The molecule has 4 aromatic rings. The van der Waals surface area contributed by atoms with Gasteiger partial charge in [0, 0.05) is 41.8 Å². The van der Waals surface area contributed by atoms with Gasteiger partial charge in [-0.3, -0.25) is 4.79 Å². The van der Waals surface area contributed by atoms with Gasteiger partial charge in [-0.15, -0.1) is 0 Å². The van der Waals surface area contributed by atoms with Crippen molar-refractivity contribution >= 4 is 27.5 Å². The van der Waals surface area contributed by atoms with Crippen LogP contribution in [0.4, 0.5) is 10.1 Å². The van der Waals surface area contributed by atoms with Gasteiger partial charge in [0.15, 0.2) is 5.76 Å². The number of anilines is 1. The molecule has 1 saturated heterocycles. The van der Waals surface area contributed by atoms with Gasteiger partial charge in [-0.25, -0.2) is 9.37 Å². The predicted octanol–water partition coefficient (Wildman–Crippen LogP) is 5.87. The molecule has 0 N–H and O–H groups in total. The SMILES string of the molecule is O=C(c1ccccc1-c1ncc(-c2ccc(Br)cc2)o1)N1CCN(c2ccccc2F)CC1. The molecule has 7 heteroatoms. The number of halogens is 2. The lowest BCUT2D eigenvalue weighted by Gasteiger charge is -2.36. The van der Waals surface area contributed by atoms with E-state index in [0.717, 1.165) is 10.0 Å². The number of hydrogen-bond donors (Lipinski definition) is 0. The van der Waals surface area contributed by atoms with Crippen molar-refractivity contribution in [1.82, 2.24) is 9.88 Å². The normalized spacial score (nSPS) is 13.9. The molecule has 5 rings (SSSR count). The fourth-order valence-corrected chi connectivity index (χ4v) is 4.30. The van der Waals surface area contributed by atoms with E-state index in [-0.39, 0.29) is 11.7 Å². The molecule has 0 bridgehead atoms. The molecular weight excluding hydrogens is 485 g/mol. The lowest BCUT2D eigenvalue weighted by molar-refractivity contribution is 0.0747. The number of carbonyl (C=O) groups is 1. The topological polar surface area (TPSA) is 49.6 Å². The molecule has 0 unspecified atom stereocenters. The second-order valence-corrected chi connectivity index (χ2v) is 8.73. The number of nitrogens with zero attached hydrogens (tertiary/aromatic N) is 3. The molecular formula is C26H21BrFN3O2. The zero-order valence-corrected chi connectivity index (χ0v) is 19.3. The van der Waals surface area contributed by atoms with Gasteiger partial charge in [-0.05, 0) is 36.4 Å². The van der Waals surface area contributed by atoms with Crippen LogP contribution in [0.2, 0.25) is 0 Å². The van der Waals surface area contributed by atoms with Crippen molar-refractivity contribution in [3.8, 4) is 22.8 Å². The summed E-state index contributed by atoms with van der Waals surface area (Å²) < 4.78 is 21.1. The Bertz CT molecular complexity index is 1280. The maximum absolute atomic E-state index is 14.1. The van der Waals surface area contributed by atoms with E-state index in [0.29, 0.717) is 54.6 Å². The highest BCUT2D eigenvalue weighted by atomic mass is 79.9. The van der Waals surface area contributed by atoms with E-state index >= 15 is 0 Å². The molecule has 33 heavy (non-hydrogen) atoms. The maximum Gasteiger partial charge on any atom is 0.254 e. The minimum atomic E-state index is -0.243. The lowest BCUT2D eigenvalue weighted by atomic mass is 10.1. The number of oxazole rings is 1. The summed E-state index contributed by atoms with van der Waals surface area (Å²) in [5.41, 5.74) is 2.68. The zero-order valence-electron chi connectivity index (χ0n) is 17.7. The Morgan fingerprint density at radius 3 is 2.36 bits per heavy atom. The summed E-state index contributed by atoms with van der Waals surface area (Å²) in [6.07, 6.45) is 1.67. The highest BCUT2D eigenvalue weighted by Gasteiger charge is 2.26. The third-order valence-corrected chi connectivity index (χ3v) is 6.31. The summed E-state index contributed by atoms with van der Waals surface area (Å²) in [4.78, 5) is 21.6. The maximum atomic E-state index is 14.1. The number of aromatic nitrogens is 1. The first kappa shape index (κ1) is 21.4. The summed E-state index contributed by atoms with van der Waals surface area (Å²) in [6, 6.07) is 21.9. The summed E-state index contributed by atoms with van der Waals surface area (Å²) in [6.45, 7) is 2.16. The van der Waals surface area contributed by atoms with E-state index < -0.39 is 0 Å². The molecule has 3 aromatic carbocycles. The predicted molar refractivity (Wildman–Crippen MR) is 130 cm³/mol. The summed E-state index contributed by atoms with van der Waals surface area (Å²) in [5, 5.41) is 0. The molecule has 1 amide bonds. The van der Waals surface area contributed by atoms with Crippen LogP contribution in [-0.4, -0.2) is 42.0 Å². The smallest absolute Gasteiger partial charge is 0.254 e. The highest BCUT2D eigenvalue weighted by Crippen LogP contribution is 2.30. The molecule has 1 aliphatic rings. The largest absolute Gasteiger partial charge is 0.436 e. The van der Waals surface area contributed by atoms with E-state index in [1.807, 2.05) is 53.4 Å². The first-order chi connectivity index (χ1) is 16.1. The van der Waals surface area contributed by atoms with Crippen LogP contribution < -0.4 is 4.90 Å². The molecule has 0 radical (unpaired) electrons. The van der Waals surface area contributed by atoms with Crippen LogP contribution in [0.25, 0.3) is 22.8 Å². The van der Waals surface area contributed by atoms with Crippen LogP contribution >= 0.6 is 15.9 Å². The molecule has 166 valence electrons. The van der Waals surface area contributed by atoms with Gasteiger partial charge in [0.1, 0.15) is 5.82 Å². The second kappa shape index (κ2) is 9.19. The van der Waals surface area contributed by atoms with Crippen molar-refractivity contribution in [3.05, 3.63) is 94.8 Å². The minimum Gasteiger partial charge on any atom is -0.436 e. The summed E-state index contributed by atoms with van der Waals surface area (Å²) in [5.74, 6) is 0.718. The van der Waals surface area contributed by atoms with Crippen molar-refractivity contribution < 1.29 is 13.6 Å². The Morgan fingerprint density at radius 2 is 1.61 bits per heavy atom. The van der Waals surface area contributed by atoms with Gasteiger partial charge in [0.25, 0.3) is 5.91 Å². The third kappa shape index (κ3) is 4.41. The highest BCUT2D eigenvalue weighted by molar-refractivity contribution is 9.10. The number of benzene rings is 3. The van der Waals surface area contributed by atoms with Gasteiger partial charge >= 0.3 is 0 Å². The van der Waals surface area contributed by atoms with Crippen molar-refractivity contribution in [3.63, 3.8) is 0 Å². The Kier molecular flexibility index (Phi) is 5.96. The first-order valence-corrected chi connectivity index (χ1v) is 11.5. The molecule has 0 spiro atoms. The van der Waals surface area contributed by atoms with Gasteiger partial charge in [0.2, 0.25) is 5.89 Å². The molecule has 2 heterocycles. The quantitative estimate of drug-likeness (QED) is 0.347. The number of carbonyl (C=O) groups excluding carboxylic acids is 1. The number of hydrogen-bond acceptors (Lipinski definition) is 4. The number of rotatable bonds is 4. The Labute approximate surface area is 199 Å². The molecule has 0 aliphatic carbocycles. The minimum absolute atomic E-state index is 0.0813. The fraction of sp³-hybridized carbons (Fsp3) is 0.154. The van der Waals surface area contributed by atoms with E-state index in [1.54, 1.807) is 29.3 Å².